The molecule has 6 heteroatoms. The van der Waals surface area contributed by atoms with E-state index < -0.39 is 18.2 Å². The molecule has 0 unspecified atom stereocenters. The Morgan fingerprint density at radius 1 is 1.29 bits per heavy atom. The van der Waals surface area contributed by atoms with Crippen LogP contribution in [0.3, 0.4) is 0 Å². The highest BCUT2D eigenvalue weighted by molar-refractivity contribution is 5.84. The highest BCUT2D eigenvalue weighted by Crippen LogP contribution is 2.33. The number of aromatic hydroxyl groups is 1. The van der Waals surface area contributed by atoms with Crippen molar-refractivity contribution in [3.63, 3.8) is 0 Å². The molecule has 170 valence electrons. The van der Waals surface area contributed by atoms with Crippen molar-refractivity contribution in [2.24, 2.45) is 11.8 Å². The maximum absolute atomic E-state index is 12.3. The molecule has 0 bridgehead atoms. The Morgan fingerprint density at radius 2 is 2.06 bits per heavy atom. The number of hydrogen-bond donors (Lipinski definition) is 4. The molecular weight excluding hydrogens is 396 g/mol. The van der Waals surface area contributed by atoms with Gasteiger partial charge in [0.25, 0.3) is 0 Å². The van der Waals surface area contributed by atoms with Gasteiger partial charge in [-0.2, -0.15) is 0 Å². The van der Waals surface area contributed by atoms with Crippen LogP contribution in [-0.2, 0) is 22.4 Å². The summed E-state index contributed by atoms with van der Waals surface area (Å²) >= 11 is 0. The van der Waals surface area contributed by atoms with Crippen molar-refractivity contribution in [2.45, 2.75) is 70.5 Å². The summed E-state index contributed by atoms with van der Waals surface area (Å²) in [6, 6.07) is 5.34. The standard InChI is InChI=1S/C25H34O6/c1-2-7-18-14-17(10-13-22(18)27)15-19(26)11-12-21-20(23(28)16-24(21)29)8-5-3-4-6-9-25(30)31/h3,5,10-14,19-21,24,26-27,29H,2,4,6-9,15-16H2,1H3,(H,30,31)/t19-,20+,21+,24+/m0/s1. The molecule has 0 amide bonds. The van der Waals surface area contributed by atoms with Crippen LogP contribution in [0.15, 0.2) is 42.5 Å². The van der Waals surface area contributed by atoms with E-state index in [4.69, 9.17) is 5.11 Å². The number of carboxylic acid groups (broad SMARTS) is 1. The molecule has 0 saturated heterocycles. The number of aryl methyl sites for hydroxylation is 1. The molecule has 1 aromatic carbocycles. The lowest BCUT2D eigenvalue weighted by Gasteiger charge is -2.17. The predicted octanol–water partition coefficient (Wildman–Crippen LogP) is 3.57. The molecule has 1 fully saturated rings. The summed E-state index contributed by atoms with van der Waals surface area (Å²) in [4.78, 5) is 22.8. The van der Waals surface area contributed by atoms with Crippen molar-refractivity contribution in [3.8, 4) is 5.75 Å². The van der Waals surface area contributed by atoms with Crippen LogP contribution >= 0.6 is 0 Å². The molecule has 31 heavy (non-hydrogen) atoms. The zero-order valence-electron chi connectivity index (χ0n) is 18.1. The van der Waals surface area contributed by atoms with Gasteiger partial charge in [0.05, 0.1) is 12.2 Å². The fourth-order valence-electron chi connectivity index (χ4n) is 4.06. The topological polar surface area (TPSA) is 115 Å². The molecule has 2 rings (SSSR count). The number of allylic oxidation sites excluding steroid dienone is 2. The number of carbonyl (C=O) groups excluding carboxylic acids is 1. The number of aliphatic hydroxyl groups excluding tert-OH is 2. The van der Waals surface area contributed by atoms with Crippen LogP contribution in [0, 0.1) is 11.8 Å². The number of aliphatic hydroxyl groups is 2. The molecule has 1 aliphatic carbocycles. The zero-order valence-corrected chi connectivity index (χ0v) is 18.1. The van der Waals surface area contributed by atoms with E-state index in [-0.39, 0.29) is 36.2 Å². The van der Waals surface area contributed by atoms with E-state index in [1.807, 2.05) is 25.1 Å². The van der Waals surface area contributed by atoms with Gasteiger partial charge in [0.1, 0.15) is 11.5 Å². The van der Waals surface area contributed by atoms with E-state index in [9.17, 15) is 24.9 Å². The van der Waals surface area contributed by atoms with Gasteiger partial charge in [-0.1, -0.05) is 49.8 Å². The number of phenols is 1. The van der Waals surface area contributed by atoms with Crippen LogP contribution in [0.1, 0.15) is 56.6 Å². The van der Waals surface area contributed by atoms with E-state index in [0.717, 1.165) is 24.0 Å². The maximum Gasteiger partial charge on any atom is 0.303 e. The fraction of sp³-hybridized carbons (Fsp3) is 0.520. The zero-order chi connectivity index (χ0) is 22.8. The molecule has 0 heterocycles. The number of carbonyl (C=O) groups is 2. The van der Waals surface area contributed by atoms with E-state index in [1.54, 1.807) is 24.3 Å². The van der Waals surface area contributed by atoms with Crippen molar-refractivity contribution in [2.75, 3.05) is 0 Å². The highest BCUT2D eigenvalue weighted by Gasteiger charge is 2.39. The number of carboxylic acids is 1. The summed E-state index contributed by atoms with van der Waals surface area (Å²) in [5, 5.41) is 39.3. The number of rotatable bonds is 12. The largest absolute Gasteiger partial charge is 0.508 e. The van der Waals surface area contributed by atoms with Gasteiger partial charge in [0, 0.05) is 31.1 Å². The normalized spacial score (nSPS) is 22.5. The van der Waals surface area contributed by atoms with E-state index in [0.29, 0.717) is 25.7 Å². The summed E-state index contributed by atoms with van der Waals surface area (Å²) in [6.45, 7) is 2.04. The third-order valence-corrected chi connectivity index (χ3v) is 5.71. The van der Waals surface area contributed by atoms with Gasteiger partial charge < -0.3 is 20.4 Å². The Bertz CT molecular complexity index is 797. The van der Waals surface area contributed by atoms with Crippen molar-refractivity contribution >= 4 is 11.8 Å². The summed E-state index contributed by atoms with van der Waals surface area (Å²) < 4.78 is 0. The molecule has 4 N–H and O–H groups in total. The first-order valence-corrected chi connectivity index (χ1v) is 11.1. The lowest BCUT2D eigenvalue weighted by atomic mass is 9.90. The monoisotopic (exact) mass is 430 g/mol. The molecule has 6 nitrogen and oxygen atoms in total. The third-order valence-electron chi connectivity index (χ3n) is 5.71. The average molecular weight is 431 g/mol. The summed E-state index contributed by atoms with van der Waals surface area (Å²) in [6.07, 6.45) is 9.64. The van der Waals surface area contributed by atoms with Gasteiger partial charge in [0.2, 0.25) is 0 Å². The minimum atomic E-state index is -0.819. The van der Waals surface area contributed by atoms with Crippen molar-refractivity contribution < 1.29 is 30.0 Å². The van der Waals surface area contributed by atoms with Crippen molar-refractivity contribution in [3.05, 3.63) is 53.6 Å². The number of hydrogen-bond acceptors (Lipinski definition) is 5. The fourth-order valence-corrected chi connectivity index (χ4v) is 4.06. The van der Waals surface area contributed by atoms with Gasteiger partial charge in [-0.3, -0.25) is 9.59 Å². The number of phenolic OH excluding ortho intramolecular Hbond substituents is 1. The Morgan fingerprint density at radius 3 is 2.77 bits per heavy atom. The Hall–Kier alpha value is -2.44. The molecule has 1 aliphatic rings. The number of ketones is 1. The minimum Gasteiger partial charge on any atom is -0.508 e. The molecule has 0 aromatic heterocycles. The van der Waals surface area contributed by atoms with Gasteiger partial charge in [-0.05, 0) is 42.9 Å². The Labute approximate surface area is 183 Å². The maximum atomic E-state index is 12.3. The van der Waals surface area contributed by atoms with Crippen LogP contribution in [0.5, 0.6) is 5.75 Å². The molecule has 0 aliphatic heterocycles. The van der Waals surface area contributed by atoms with Gasteiger partial charge in [0.15, 0.2) is 0 Å². The first kappa shape index (κ1) is 24.8. The van der Waals surface area contributed by atoms with E-state index in [2.05, 4.69) is 0 Å². The average Bonchev–Trinajstić information content (AvgIpc) is 2.98. The number of benzene rings is 1. The first-order chi connectivity index (χ1) is 14.8. The van der Waals surface area contributed by atoms with Crippen LogP contribution in [-0.4, -0.2) is 44.4 Å². The molecule has 1 saturated carbocycles. The lowest BCUT2D eigenvalue weighted by molar-refractivity contribution is -0.137. The number of Topliss-reactive ketones (excluding diaryl/α,β-unsaturated/α-hetero) is 1. The molecule has 0 radical (unpaired) electrons. The summed E-state index contributed by atoms with van der Waals surface area (Å²) in [7, 11) is 0. The summed E-state index contributed by atoms with van der Waals surface area (Å²) in [5.74, 6) is -1.22. The molecular formula is C25H34O6. The van der Waals surface area contributed by atoms with Crippen molar-refractivity contribution in [1.82, 2.24) is 0 Å². The SMILES string of the molecule is CCCc1cc(C[C@@H](O)C=C[C@H]2[C@H](O)CC(=O)[C@@H]2CC=CCCCC(=O)O)ccc1O. The lowest BCUT2D eigenvalue weighted by Crippen LogP contribution is -2.19. The molecule has 0 spiro atoms. The quantitative estimate of drug-likeness (QED) is 0.298. The van der Waals surface area contributed by atoms with Gasteiger partial charge >= 0.3 is 5.97 Å². The second-order valence-electron chi connectivity index (χ2n) is 8.28. The van der Waals surface area contributed by atoms with Crippen LogP contribution < -0.4 is 0 Å². The van der Waals surface area contributed by atoms with Crippen molar-refractivity contribution in [1.29, 1.82) is 0 Å². The van der Waals surface area contributed by atoms with E-state index >= 15 is 0 Å². The highest BCUT2D eigenvalue weighted by atomic mass is 16.4. The van der Waals surface area contributed by atoms with E-state index in [1.165, 1.54) is 0 Å². The Kier molecular flexibility index (Phi) is 9.95. The first-order valence-electron chi connectivity index (χ1n) is 11.1. The Balaban J connectivity index is 1.93. The van der Waals surface area contributed by atoms with Gasteiger partial charge in [-0.15, -0.1) is 0 Å². The molecule has 1 aromatic rings. The predicted molar refractivity (Wildman–Crippen MR) is 119 cm³/mol. The van der Waals surface area contributed by atoms with Crippen LogP contribution in [0.25, 0.3) is 0 Å². The summed E-state index contributed by atoms with van der Waals surface area (Å²) in [5.41, 5.74) is 1.78. The third kappa shape index (κ3) is 7.96. The van der Waals surface area contributed by atoms with Crippen LogP contribution in [0.2, 0.25) is 0 Å². The number of aliphatic carboxylic acids is 1. The second-order valence-corrected chi connectivity index (χ2v) is 8.28. The number of unbranched alkanes of at least 4 members (excludes halogenated alkanes) is 1. The molecule has 4 atom stereocenters. The van der Waals surface area contributed by atoms with Crippen LogP contribution in [0.4, 0.5) is 0 Å². The minimum absolute atomic E-state index is 0.00886. The second kappa shape index (κ2) is 12.4. The smallest absolute Gasteiger partial charge is 0.303 e. The van der Waals surface area contributed by atoms with Gasteiger partial charge in [-0.25, -0.2) is 0 Å².